The van der Waals surface area contributed by atoms with E-state index in [1.54, 1.807) is 18.4 Å². The van der Waals surface area contributed by atoms with Gasteiger partial charge in [-0.25, -0.2) is 19.8 Å². The molecule has 12 nitrogen and oxygen atoms in total. The number of nitrogens with one attached hydrogen (secondary N) is 1. The lowest BCUT2D eigenvalue weighted by molar-refractivity contribution is -0.0292. The van der Waals surface area contributed by atoms with Crippen molar-refractivity contribution in [3.05, 3.63) is 48.0 Å². The quantitative estimate of drug-likeness (QED) is 0.350. The lowest BCUT2D eigenvalue weighted by Crippen LogP contribution is -2.43. The Morgan fingerprint density at radius 1 is 1.32 bits per heavy atom. The topological polar surface area (TPSA) is 172 Å². The zero-order valence-corrected chi connectivity index (χ0v) is 14.2. The van der Waals surface area contributed by atoms with Crippen LogP contribution in [-0.2, 0) is 4.74 Å². The number of carbonyl (C=O) groups is 1. The van der Waals surface area contributed by atoms with E-state index < -0.39 is 42.9 Å². The van der Waals surface area contributed by atoms with Crippen LogP contribution >= 0.6 is 0 Å². The first-order valence-corrected chi connectivity index (χ1v) is 8.28. The standard InChI is InChI=1S/C16H17N5O7/c22-6-10-11(23)12(24)15(28-10)18-7-2-1-3-20-9(7)5-21(27)8-4-17-13(16(25)26)19-14(8)20/h1-5,10-12,15,18,22-24,27H,6H2,(H,25,26)/t10-,11-,12-,15-/m1/s1. The molecule has 28 heavy (non-hydrogen) atoms. The van der Waals surface area contributed by atoms with E-state index in [4.69, 9.17) is 9.84 Å². The van der Waals surface area contributed by atoms with Crippen molar-refractivity contribution in [2.45, 2.75) is 24.5 Å². The summed E-state index contributed by atoms with van der Waals surface area (Å²) in [5, 5.41) is 52.3. The van der Waals surface area contributed by atoms with Gasteiger partial charge >= 0.3 is 5.97 Å². The van der Waals surface area contributed by atoms with Crippen LogP contribution in [0.3, 0.4) is 0 Å². The monoisotopic (exact) mass is 391 g/mol. The number of hydrogen-bond acceptors (Lipinski definition) is 11. The van der Waals surface area contributed by atoms with Crippen LogP contribution in [0.4, 0.5) is 11.5 Å². The number of hydroxylamine groups is 1. The summed E-state index contributed by atoms with van der Waals surface area (Å²) in [5.41, 5.74) is 0.954. The predicted molar refractivity (Wildman–Crippen MR) is 91.9 cm³/mol. The minimum absolute atomic E-state index is 0.136. The molecule has 0 aliphatic carbocycles. The van der Waals surface area contributed by atoms with Gasteiger partial charge in [0.05, 0.1) is 30.4 Å². The Kier molecular flexibility index (Phi) is 4.49. The third-order valence-corrected chi connectivity index (χ3v) is 4.53. The highest BCUT2D eigenvalue weighted by atomic mass is 16.6. The molecule has 4 heterocycles. The van der Waals surface area contributed by atoms with Gasteiger partial charge in [-0.15, -0.1) is 0 Å². The van der Waals surface area contributed by atoms with Gasteiger partial charge in [0.25, 0.3) is 0 Å². The third-order valence-electron chi connectivity index (χ3n) is 4.53. The summed E-state index contributed by atoms with van der Waals surface area (Å²) < 4.78 is 5.41. The molecule has 12 heteroatoms. The smallest absolute Gasteiger partial charge is 0.374 e. The van der Waals surface area contributed by atoms with Crippen molar-refractivity contribution in [2.24, 2.45) is 0 Å². The van der Waals surface area contributed by atoms with Crippen LogP contribution in [0.25, 0.3) is 0 Å². The molecule has 3 aliphatic heterocycles. The highest BCUT2D eigenvalue weighted by Gasteiger charge is 2.43. The van der Waals surface area contributed by atoms with E-state index in [1.807, 2.05) is 0 Å². The molecule has 148 valence electrons. The number of carboxylic acids is 1. The van der Waals surface area contributed by atoms with E-state index in [-0.39, 0.29) is 11.5 Å². The van der Waals surface area contributed by atoms with Crippen LogP contribution in [0.15, 0.2) is 42.1 Å². The lowest BCUT2D eigenvalue weighted by atomic mass is 10.1. The van der Waals surface area contributed by atoms with Gasteiger partial charge in [-0.3, -0.25) is 10.1 Å². The summed E-state index contributed by atoms with van der Waals surface area (Å²) in [6.45, 7) is -0.461. The molecule has 1 fully saturated rings. The van der Waals surface area contributed by atoms with Crippen molar-refractivity contribution >= 4 is 17.5 Å². The summed E-state index contributed by atoms with van der Waals surface area (Å²) in [6, 6.07) is 0. The number of anilines is 2. The van der Waals surface area contributed by atoms with Crippen LogP contribution in [-0.4, -0.2) is 72.7 Å². The first-order valence-electron chi connectivity index (χ1n) is 8.28. The van der Waals surface area contributed by atoms with E-state index in [0.717, 1.165) is 5.06 Å². The molecule has 4 rings (SSSR count). The van der Waals surface area contributed by atoms with Gasteiger partial charge in [-0.05, 0) is 12.2 Å². The average Bonchev–Trinajstić information content (AvgIpc) is 2.96. The van der Waals surface area contributed by atoms with Crippen molar-refractivity contribution in [1.29, 1.82) is 0 Å². The molecule has 0 spiro atoms. The Morgan fingerprint density at radius 2 is 2.11 bits per heavy atom. The number of aromatic carboxylic acids is 1. The Balaban J connectivity index is 1.64. The molecule has 3 aliphatic rings. The van der Waals surface area contributed by atoms with Crippen molar-refractivity contribution in [3.63, 3.8) is 0 Å². The van der Waals surface area contributed by atoms with Crippen molar-refractivity contribution in [3.8, 4) is 0 Å². The molecule has 1 saturated heterocycles. The number of nitrogens with zero attached hydrogens (tertiary/aromatic N) is 4. The number of fused-ring (bicyclic) bond motifs is 3. The van der Waals surface area contributed by atoms with Crippen LogP contribution in [0.5, 0.6) is 0 Å². The third kappa shape index (κ3) is 2.89. The maximum absolute atomic E-state index is 11.2. The van der Waals surface area contributed by atoms with Crippen molar-refractivity contribution in [2.75, 3.05) is 16.6 Å². The number of aliphatic hydroxyl groups excluding tert-OH is 3. The van der Waals surface area contributed by atoms with Crippen molar-refractivity contribution in [1.82, 2.24) is 15.3 Å². The highest BCUT2D eigenvalue weighted by molar-refractivity contribution is 5.86. The normalized spacial score (nSPS) is 28.4. The second-order valence-electron chi connectivity index (χ2n) is 6.26. The Bertz CT molecular complexity index is 901. The Morgan fingerprint density at radius 3 is 2.79 bits per heavy atom. The fourth-order valence-electron chi connectivity index (χ4n) is 3.13. The summed E-state index contributed by atoms with van der Waals surface area (Å²) in [6.07, 6.45) is 2.90. The van der Waals surface area contributed by atoms with Crippen molar-refractivity contribution < 1.29 is 35.2 Å². The molecular formula is C16H17N5O7. The molecule has 0 saturated carbocycles. The van der Waals surface area contributed by atoms with Gasteiger partial charge in [0.1, 0.15) is 24.0 Å². The highest BCUT2D eigenvalue weighted by Crippen LogP contribution is 2.37. The maximum atomic E-state index is 11.2. The number of allylic oxidation sites excluding steroid dienone is 2. The fourth-order valence-corrected chi connectivity index (χ4v) is 3.13. The van der Waals surface area contributed by atoms with E-state index in [2.05, 4.69) is 15.3 Å². The first-order chi connectivity index (χ1) is 13.4. The van der Waals surface area contributed by atoms with Gasteiger partial charge in [-0.2, -0.15) is 0 Å². The molecule has 4 atom stereocenters. The van der Waals surface area contributed by atoms with Crippen LogP contribution < -0.4 is 15.3 Å². The van der Waals surface area contributed by atoms with E-state index in [1.165, 1.54) is 17.3 Å². The molecule has 0 aromatic carbocycles. The summed E-state index contributed by atoms with van der Waals surface area (Å²) in [7, 11) is 0. The number of aromatic nitrogens is 2. The number of rotatable bonds is 4. The minimum Gasteiger partial charge on any atom is -0.475 e. The SMILES string of the molecule is O=C(O)c1ncc2c(n1)N1C=CC=C(N[C@@H]3O[C@H](CO)[C@@H](O)[C@H]3O)C1=CN2O. The summed E-state index contributed by atoms with van der Waals surface area (Å²) in [5.74, 6) is -1.61. The summed E-state index contributed by atoms with van der Waals surface area (Å²) in [4.78, 5) is 20.4. The lowest BCUT2D eigenvalue weighted by Gasteiger charge is -2.35. The number of ether oxygens (including phenoxy) is 1. The summed E-state index contributed by atoms with van der Waals surface area (Å²) >= 11 is 0. The molecular weight excluding hydrogens is 374 g/mol. The van der Waals surface area contributed by atoms with E-state index in [0.29, 0.717) is 11.4 Å². The van der Waals surface area contributed by atoms with Crippen LogP contribution in [0.2, 0.25) is 0 Å². The van der Waals surface area contributed by atoms with Crippen LogP contribution in [0, 0.1) is 0 Å². The van der Waals surface area contributed by atoms with Gasteiger partial charge in [0, 0.05) is 6.20 Å². The fraction of sp³-hybridized carbons (Fsp3) is 0.312. The Labute approximate surface area is 157 Å². The molecule has 6 N–H and O–H groups in total. The Hall–Kier alpha value is -3.03. The van der Waals surface area contributed by atoms with Gasteiger partial charge in [-0.1, -0.05) is 0 Å². The maximum Gasteiger partial charge on any atom is 0.374 e. The predicted octanol–water partition coefficient (Wildman–Crippen LogP) is -1.53. The second-order valence-corrected chi connectivity index (χ2v) is 6.26. The average molecular weight is 391 g/mol. The zero-order chi connectivity index (χ0) is 20.0. The molecule has 1 aromatic rings. The van der Waals surface area contributed by atoms with Gasteiger partial charge in [0.15, 0.2) is 12.0 Å². The molecule has 0 unspecified atom stereocenters. The first kappa shape index (κ1) is 18.3. The zero-order valence-electron chi connectivity index (χ0n) is 14.2. The number of hydrogen-bond donors (Lipinski definition) is 6. The number of carboxylic acid groups (broad SMARTS) is 1. The van der Waals surface area contributed by atoms with E-state index >= 15 is 0 Å². The van der Waals surface area contributed by atoms with Gasteiger partial charge < -0.3 is 30.5 Å². The molecule has 0 bridgehead atoms. The second kappa shape index (κ2) is 6.85. The largest absolute Gasteiger partial charge is 0.475 e. The number of aliphatic hydroxyl groups is 3. The molecule has 0 amide bonds. The molecule has 0 radical (unpaired) electrons. The van der Waals surface area contributed by atoms with E-state index in [9.17, 15) is 25.3 Å². The minimum atomic E-state index is -1.32. The van der Waals surface area contributed by atoms with Crippen LogP contribution in [0.1, 0.15) is 10.6 Å². The van der Waals surface area contributed by atoms with Gasteiger partial charge in [0.2, 0.25) is 5.82 Å². The molecule has 1 aromatic heterocycles.